The van der Waals surface area contributed by atoms with Gasteiger partial charge in [0.15, 0.2) is 0 Å². The summed E-state index contributed by atoms with van der Waals surface area (Å²) in [4.78, 5) is 15.9. The van der Waals surface area contributed by atoms with Gasteiger partial charge in [-0.25, -0.2) is 0 Å². The minimum atomic E-state index is -0.738. The lowest BCUT2D eigenvalue weighted by Gasteiger charge is -2.21. The summed E-state index contributed by atoms with van der Waals surface area (Å²) in [7, 11) is 0. The number of benzene rings is 1. The first-order valence-corrected chi connectivity index (χ1v) is 9.52. The van der Waals surface area contributed by atoms with Crippen molar-refractivity contribution in [3.05, 3.63) is 35.0 Å². The smallest absolute Gasteiger partial charge is 0.251 e. The second-order valence-corrected chi connectivity index (χ2v) is 7.86. The first kappa shape index (κ1) is 15.1. The van der Waals surface area contributed by atoms with E-state index in [4.69, 9.17) is 0 Å². The number of carbonyl (C=O) groups is 1. The number of carbonyl (C=O) groups excluding carboxylic acids is 1. The highest BCUT2D eigenvalue weighted by Gasteiger charge is 2.32. The van der Waals surface area contributed by atoms with E-state index in [1.807, 2.05) is 18.2 Å². The second-order valence-electron chi connectivity index (χ2n) is 6.76. The lowest BCUT2D eigenvalue weighted by molar-refractivity contribution is 0.0612. The number of nitrogens with one attached hydrogen (secondary N) is 2. The van der Waals surface area contributed by atoms with Crippen LogP contribution >= 0.6 is 11.8 Å². The molecule has 1 atom stereocenters. The Morgan fingerprint density at radius 1 is 1.35 bits per heavy atom. The average Bonchev–Trinajstić information content (AvgIpc) is 3.16. The van der Waals surface area contributed by atoms with Crippen molar-refractivity contribution in [1.82, 2.24) is 10.3 Å². The third kappa shape index (κ3) is 2.88. The molecular weight excluding hydrogens is 308 g/mol. The molecule has 122 valence electrons. The topological polar surface area (TPSA) is 65.1 Å². The van der Waals surface area contributed by atoms with Gasteiger partial charge < -0.3 is 15.4 Å². The van der Waals surface area contributed by atoms with Gasteiger partial charge in [-0.3, -0.25) is 4.79 Å². The minimum Gasteiger partial charge on any atom is -0.387 e. The minimum absolute atomic E-state index is 0.0945. The number of aromatic amines is 1. The maximum Gasteiger partial charge on any atom is 0.251 e. The van der Waals surface area contributed by atoms with Crippen molar-refractivity contribution in [2.45, 2.75) is 37.7 Å². The number of rotatable bonds is 3. The van der Waals surface area contributed by atoms with Crippen LogP contribution in [0.3, 0.4) is 0 Å². The number of aliphatic hydroxyl groups is 1. The number of amides is 1. The first-order valence-electron chi connectivity index (χ1n) is 8.36. The van der Waals surface area contributed by atoms with E-state index >= 15 is 0 Å². The first-order chi connectivity index (χ1) is 11.1. The third-order valence-corrected chi connectivity index (χ3v) is 6.26. The Morgan fingerprint density at radius 2 is 2.22 bits per heavy atom. The molecule has 4 rings (SSSR count). The number of fused-ring (bicyclic) bond motifs is 3. The average molecular weight is 330 g/mol. The fourth-order valence-corrected chi connectivity index (χ4v) is 4.92. The number of aromatic nitrogens is 1. The number of hydrogen-bond acceptors (Lipinski definition) is 3. The van der Waals surface area contributed by atoms with Crippen LogP contribution in [0.15, 0.2) is 18.2 Å². The maximum atomic E-state index is 12.4. The van der Waals surface area contributed by atoms with Gasteiger partial charge in [-0.05, 0) is 61.6 Å². The molecule has 0 radical (unpaired) electrons. The van der Waals surface area contributed by atoms with Gasteiger partial charge in [-0.15, -0.1) is 0 Å². The molecule has 0 bridgehead atoms. The summed E-state index contributed by atoms with van der Waals surface area (Å²) in [5.74, 6) is 1.58. The van der Waals surface area contributed by atoms with E-state index in [1.54, 1.807) is 11.8 Å². The standard InChI is InChI=1S/C18H22N2O2S/c21-17(19-10-18(22)7-8-23-11-18)12-5-6-16-14(9-12)13-3-1-2-4-15(13)20-16/h5-6,9,20,22H,1-4,7-8,10-11H2,(H,19,21). The summed E-state index contributed by atoms with van der Waals surface area (Å²) in [5.41, 5.74) is 3.78. The normalized spacial score (nSPS) is 23.9. The summed E-state index contributed by atoms with van der Waals surface area (Å²) in [5, 5.41) is 14.4. The van der Waals surface area contributed by atoms with Crippen molar-refractivity contribution in [2.24, 2.45) is 0 Å². The Morgan fingerprint density at radius 3 is 3.04 bits per heavy atom. The Hall–Kier alpha value is -1.46. The summed E-state index contributed by atoms with van der Waals surface area (Å²) in [6.07, 6.45) is 5.42. The van der Waals surface area contributed by atoms with E-state index in [-0.39, 0.29) is 5.91 Å². The molecule has 1 aliphatic carbocycles. The van der Waals surface area contributed by atoms with Gasteiger partial charge in [0.1, 0.15) is 0 Å². The summed E-state index contributed by atoms with van der Waals surface area (Å²) in [6, 6.07) is 5.87. The molecule has 1 aromatic carbocycles. The van der Waals surface area contributed by atoms with Gasteiger partial charge in [0.25, 0.3) is 5.91 Å². The highest BCUT2D eigenvalue weighted by molar-refractivity contribution is 7.99. The molecule has 2 heterocycles. The molecular formula is C18H22N2O2S. The monoisotopic (exact) mass is 330 g/mol. The van der Waals surface area contributed by atoms with Crippen LogP contribution in [0.5, 0.6) is 0 Å². The largest absolute Gasteiger partial charge is 0.387 e. The van der Waals surface area contributed by atoms with E-state index in [0.29, 0.717) is 17.9 Å². The highest BCUT2D eigenvalue weighted by atomic mass is 32.2. The molecule has 23 heavy (non-hydrogen) atoms. The van der Waals surface area contributed by atoms with Gasteiger partial charge in [-0.2, -0.15) is 11.8 Å². The van der Waals surface area contributed by atoms with Gasteiger partial charge in [0.2, 0.25) is 0 Å². The van der Waals surface area contributed by atoms with Crippen LogP contribution in [0.25, 0.3) is 10.9 Å². The lowest BCUT2D eigenvalue weighted by atomic mass is 9.95. The molecule has 4 nitrogen and oxygen atoms in total. The molecule has 1 aliphatic heterocycles. The van der Waals surface area contributed by atoms with Crippen molar-refractivity contribution in [3.8, 4) is 0 Å². The molecule has 1 saturated heterocycles. The predicted octanol–water partition coefficient (Wildman–Crippen LogP) is 2.64. The van der Waals surface area contributed by atoms with E-state index in [1.165, 1.54) is 29.5 Å². The Labute approximate surface area is 140 Å². The number of hydrogen-bond donors (Lipinski definition) is 3. The SMILES string of the molecule is O=C(NCC1(O)CCSC1)c1ccc2[nH]c3c(c2c1)CCCC3. The fraction of sp³-hybridized carbons (Fsp3) is 0.500. The maximum absolute atomic E-state index is 12.4. The molecule has 3 N–H and O–H groups in total. The Balaban J connectivity index is 1.55. The van der Waals surface area contributed by atoms with Crippen molar-refractivity contribution in [2.75, 3.05) is 18.1 Å². The molecule has 2 aliphatic rings. The molecule has 5 heteroatoms. The number of H-pyrrole nitrogens is 1. The van der Waals surface area contributed by atoms with Crippen molar-refractivity contribution >= 4 is 28.6 Å². The quantitative estimate of drug-likeness (QED) is 0.810. The van der Waals surface area contributed by atoms with Crippen LogP contribution in [0.4, 0.5) is 0 Å². The van der Waals surface area contributed by atoms with E-state index in [0.717, 1.165) is 30.5 Å². The zero-order valence-corrected chi connectivity index (χ0v) is 14.0. The van der Waals surface area contributed by atoms with E-state index in [9.17, 15) is 9.90 Å². The predicted molar refractivity (Wildman–Crippen MR) is 94.2 cm³/mol. The molecule has 1 aromatic heterocycles. The van der Waals surface area contributed by atoms with Crippen molar-refractivity contribution < 1.29 is 9.90 Å². The Kier molecular flexibility index (Phi) is 3.85. The molecule has 2 aromatic rings. The van der Waals surface area contributed by atoms with Crippen LogP contribution in [0, 0.1) is 0 Å². The summed E-state index contributed by atoms with van der Waals surface area (Å²) >= 11 is 1.74. The number of thioether (sulfide) groups is 1. The molecule has 1 unspecified atom stereocenters. The van der Waals surface area contributed by atoms with Crippen LogP contribution in [-0.2, 0) is 12.8 Å². The summed E-state index contributed by atoms with van der Waals surface area (Å²) < 4.78 is 0. The van der Waals surface area contributed by atoms with Crippen LogP contribution in [0.2, 0.25) is 0 Å². The molecule has 0 saturated carbocycles. The molecule has 1 amide bonds. The van der Waals surface area contributed by atoms with Crippen LogP contribution < -0.4 is 5.32 Å². The fourth-order valence-electron chi connectivity index (χ4n) is 3.63. The zero-order chi connectivity index (χ0) is 15.9. The van der Waals surface area contributed by atoms with Crippen molar-refractivity contribution in [3.63, 3.8) is 0 Å². The lowest BCUT2D eigenvalue weighted by Crippen LogP contribution is -2.42. The van der Waals surface area contributed by atoms with Gasteiger partial charge in [0, 0.05) is 34.5 Å². The van der Waals surface area contributed by atoms with Gasteiger partial charge in [0.05, 0.1) is 5.60 Å². The molecule has 1 fully saturated rings. The van der Waals surface area contributed by atoms with Gasteiger partial charge >= 0.3 is 0 Å². The van der Waals surface area contributed by atoms with Crippen LogP contribution in [0.1, 0.15) is 40.9 Å². The highest BCUT2D eigenvalue weighted by Crippen LogP contribution is 2.30. The Bertz CT molecular complexity index is 747. The van der Waals surface area contributed by atoms with Crippen molar-refractivity contribution in [1.29, 1.82) is 0 Å². The van der Waals surface area contributed by atoms with E-state index in [2.05, 4.69) is 10.3 Å². The number of aryl methyl sites for hydroxylation is 2. The van der Waals surface area contributed by atoms with E-state index < -0.39 is 5.60 Å². The zero-order valence-electron chi connectivity index (χ0n) is 13.2. The third-order valence-electron chi connectivity index (χ3n) is 5.02. The summed E-state index contributed by atoms with van der Waals surface area (Å²) in [6.45, 7) is 0.335. The van der Waals surface area contributed by atoms with Gasteiger partial charge in [-0.1, -0.05) is 0 Å². The second kappa shape index (κ2) is 5.87. The van der Waals surface area contributed by atoms with Crippen LogP contribution in [-0.4, -0.2) is 39.6 Å². The molecule has 0 spiro atoms.